The second-order valence-electron chi connectivity index (χ2n) is 4.11. The Balaban J connectivity index is 1.80. The van der Waals surface area contributed by atoms with Gasteiger partial charge in [-0.1, -0.05) is 6.07 Å². The molecule has 1 atom stereocenters. The van der Waals surface area contributed by atoms with Crippen molar-refractivity contribution in [3.8, 4) is 0 Å². The highest BCUT2D eigenvalue weighted by Gasteiger charge is 2.24. The molecule has 1 aromatic rings. The van der Waals surface area contributed by atoms with Gasteiger partial charge in [-0.15, -0.1) is 0 Å². The van der Waals surface area contributed by atoms with E-state index in [1.165, 1.54) is 11.6 Å². The number of amidine groups is 1. The number of nitrogens with zero attached hydrogens (tertiary/aromatic N) is 1. The van der Waals surface area contributed by atoms with Gasteiger partial charge in [0.05, 0.1) is 12.6 Å². The maximum Gasteiger partial charge on any atom is 0.285 e. The Kier molecular flexibility index (Phi) is 2.27. The molecule has 0 radical (unpaired) electrons. The quantitative estimate of drug-likeness (QED) is 0.782. The predicted molar refractivity (Wildman–Crippen MR) is 58.9 cm³/mol. The number of hydrogen-bond acceptors (Lipinski definition) is 3. The minimum absolute atomic E-state index is 0.158. The largest absolute Gasteiger partial charge is 0.463 e. The molecular weight excluding hydrogens is 207 g/mol. The average molecular weight is 220 g/mol. The van der Waals surface area contributed by atoms with Gasteiger partial charge in [0.25, 0.3) is 6.02 Å². The standard InChI is InChI=1S/C12H13FN2O/c13-9-2-3-10-8(7-9)1-4-11(10)15-12-14-5-6-16-12/h2-3,7,11H,1,4-6H2,(H,14,15). The molecule has 84 valence electrons. The number of ether oxygens (including phenoxy) is 1. The van der Waals surface area contributed by atoms with Crippen molar-refractivity contribution in [3.63, 3.8) is 0 Å². The molecule has 1 aliphatic carbocycles. The van der Waals surface area contributed by atoms with Crippen LogP contribution in [0.15, 0.2) is 23.2 Å². The van der Waals surface area contributed by atoms with Gasteiger partial charge in [0.2, 0.25) is 0 Å². The summed E-state index contributed by atoms with van der Waals surface area (Å²) in [7, 11) is 0. The van der Waals surface area contributed by atoms with Crippen LogP contribution in [-0.4, -0.2) is 19.2 Å². The summed E-state index contributed by atoms with van der Waals surface area (Å²) in [5.74, 6) is -0.158. The van der Waals surface area contributed by atoms with E-state index in [4.69, 9.17) is 4.74 Å². The van der Waals surface area contributed by atoms with Gasteiger partial charge in [0.15, 0.2) is 0 Å². The molecule has 1 N–H and O–H groups in total. The van der Waals surface area contributed by atoms with Crippen LogP contribution in [0.1, 0.15) is 23.6 Å². The molecule has 0 fully saturated rings. The smallest absolute Gasteiger partial charge is 0.285 e. The normalized spacial score (nSPS) is 22.6. The Morgan fingerprint density at radius 3 is 3.19 bits per heavy atom. The van der Waals surface area contributed by atoms with Gasteiger partial charge in [-0.05, 0) is 36.1 Å². The van der Waals surface area contributed by atoms with Crippen LogP contribution < -0.4 is 5.32 Å². The lowest BCUT2D eigenvalue weighted by molar-refractivity contribution is 0.325. The fourth-order valence-electron chi connectivity index (χ4n) is 2.31. The molecule has 0 aromatic heterocycles. The molecule has 1 unspecified atom stereocenters. The molecule has 16 heavy (non-hydrogen) atoms. The lowest BCUT2D eigenvalue weighted by Crippen LogP contribution is -2.27. The van der Waals surface area contributed by atoms with Gasteiger partial charge in [-0.2, -0.15) is 0 Å². The topological polar surface area (TPSA) is 33.6 Å². The maximum absolute atomic E-state index is 13.0. The van der Waals surface area contributed by atoms with E-state index in [0.717, 1.165) is 24.9 Å². The summed E-state index contributed by atoms with van der Waals surface area (Å²) in [6.45, 7) is 1.39. The summed E-state index contributed by atoms with van der Waals surface area (Å²) in [5, 5.41) is 3.26. The van der Waals surface area contributed by atoms with Crippen molar-refractivity contribution < 1.29 is 9.13 Å². The van der Waals surface area contributed by atoms with E-state index in [0.29, 0.717) is 12.6 Å². The lowest BCUT2D eigenvalue weighted by atomic mass is 10.1. The first kappa shape index (κ1) is 9.63. The third-order valence-electron chi connectivity index (χ3n) is 3.07. The summed E-state index contributed by atoms with van der Waals surface area (Å²) >= 11 is 0. The van der Waals surface area contributed by atoms with Crippen molar-refractivity contribution in [2.24, 2.45) is 4.99 Å². The van der Waals surface area contributed by atoms with E-state index in [-0.39, 0.29) is 11.9 Å². The van der Waals surface area contributed by atoms with E-state index < -0.39 is 0 Å². The summed E-state index contributed by atoms with van der Waals surface area (Å²) < 4.78 is 18.3. The molecule has 1 heterocycles. The van der Waals surface area contributed by atoms with Crippen molar-refractivity contribution in [1.82, 2.24) is 5.32 Å². The Morgan fingerprint density at radius 2 is 2.38 bits per heavy atom. The third-order valence-corrected chi connectivity index (χ3v) is 3.07. The van der Waals surface area contributed by atoms with Crippen molar-refractivity contribution >= 4 is 6.02 Å². The molecular formula is C12H13FN2O. The van der Waals surface area contributed by atoms with Crippen molar-refractivity contribution in [2.75, 3.05) is 13.2 Å². The Hall–Kier alpha value is -1.58. The first-order chi connectivity index (χ1) is 7.83. The van der Waals surface area contributed by atoms with Gasteiger partial charge >= 0.3 is 0 Å². The van der Waals surface area contributed by atoms with E-state index in [1.54, 1.807) is 6.07 Å². The third kappa shape index (κ3) is 1.64. The Morgan fingerprint density at radius 1 is 1.44 bits per heavy atom. The van der Waals surface area contributed by atoms with Gasteiger partial charge in [0, 0.05) is 0 Å². The molecule has 3 rings (SSSR count). The van der Waals surface area contributed by atoms with Gasteiger partial charge in [-0.3, -0.25) is 0 Å². The maximum atomic E-state index is 13.0. The van der Waals surface area contributed by atoms with Crippen LogP contribution in [0.3, 0.4) is 0 Å². The summed E-state index contributed by atoms with van der Waals surface area (Å²) in [5.41, 5.74) is 2.26. The highest BCUT2D eigenvalue weighted by Crippen LogP contribution is 2.31. The summed E-state index contributed by atoms with van der Waals surface area (Å²) in [6.07, 6.45) is 1.89. The summed E-state index contributed by atoms with van der Waals surface area (Å²) in [4.78, 5) is 4.20. The molecule has 2 aliphatic rings. The minimum atomic E-state index is -0.158. The Labute approximate surface area is 93.3 Å². The SMILES string of the molecule is Fc1ccc2c(c1)CCC2NC1=NCCO1. The lowest BCUT2D eigenvalue weighted by Gasteiger charge is -2.14. The van der Waals surface area contributed by atoms with Crippen LogP contribution >= 0.6 is 0 Å². The number of nitrogens with one attached hydrogen (secondary N) is 1. The fourth-order valence-corrected chi connectivity index (χ4v) is 2.31. The first-order valence-electron chi connectivity index (χ1n) is 5.55. The Bertz CT molecular complexity index is 445. The number of aryl methyl sites for hydroxylation is 1. The van der Waals surface area contributed by atoms with E-state index in [1.807, 2.05) is 6.07 Å². The second-order valence-corrected chi connectivity index (χ2v) is 4.11. The van der Waals surface area contributed by atoms with Gasteiger partial charge in [0.1, 0.15) is 12.4 Å². The number of rotatable bonds is 1. The van der Waals surface area contributed by atoms with Crippen LogP contribution in [-0.2, 0) is 11.2 Å². The van der Waals surface area contributed by atoms with Crippen LogP contribution in [0.25, 0.3) is 0 Å². The van der Waals surface area contributed by atoms with Crippen molar-refractivity contribution in [3.05, 3.63) is 35.1 Å². The molecule has 1 aliphatic heterocycles. The number of fused-ring (bicyclic) bond motifs is 1. The van der Waals surface area contributed by atoms with Crippen LogP contribution in [0, 0.1) is 5.82 Å². The molecule has 0 amide bonds. The molecule has 1 aromatic carbocycles. The zero-order valence-corrected chi connectivity index (χ0v) is 8.87. The molecule has 4 heteroatoms. The summed E-state index contributed by atoms with van der Waals surface area (Å²) in [6, 6.07) is 5.82. The molecule has 0 saturated carbocycles. The van der Waals surface area contributed by atoms with Crippen LogP contribution in [0.2, 0.25) is 0 Å². The highest BCUT2D eigenvalue weighted by atomic mass is 19.1. The zero-order valence-electron chi connectivity index (χ0n) is 8.87. The minimum Gasteiger partial charge on any atom is -0.463 e. The first-order valence-corrected chi connectivity index (χ1v) is 5.55. The monoisotopic (exact) mass is 220 g/mol. The fraction of sp³-hybridized carbons (Fsp3) is 0.417. The number of benzene rings is 1. The molecule has 0 saturated heterocycles. The van der Waals surface area contributed by atoms with E-state index in [2.05, 4.69) is 10.3 Å². The van der Waals surface area contributed by atoms with E-state index >= 15 is 0 Å². The second kappa shape index (κ2) is 3.77. The van der Waals surface area contributed by atoms with Crippen molar-refractivity contribution in [1.29, 1.82) is 0 Å². The van der Waals surface area contributed by atoms with Gasteiger partial charge < -0.3 is 10.1 Å². The van der Waals surface area contributed by atoms with Gasteiger partial charge in [-0.25, -0.2) is 9.38 Å². The molecule has 3 nitrogen and oxygen atoms in total. The number of aliphatic imine (C=N–C) groups is 1. The van der Waals surface area contributed by atoms with Crippen LogP contribution in [0.5, 0.6) is 0 Å². The number of hydrogen-bond donors (Lipinski definition) is 1. The molecule has 0 spiro atoms. The van der Waals surface area contributed by atoms with Crippen molar-refractivity contribution in [2.45, 2.75) is 18.9 Å². The average Bonchev–Trinajstić information content (AvgIpc) is 2.89. The zero-order chi connectivity index (χ0) is 11.0. The van der Waals surface area contributed by atoms with E-state index in [9.17, 15) is 4.39 Å². The highest BCUT2D eigenvalue weighted by molar-refractivity contribution is 5.75. The predicted octanol–water partition coefficient (Wildman–Crippen LogP) is 1.79. The van der Waals surface area contributed by atoms with Crippen LogP contribution in [0.4, 0.5) is 4.39 Å². The molecule has 0 bridgehead atoms. The number of halogens is 1.